The van der Waals surface area contributed by atoms with E-state index < -0.39 is 6.67 Å². The highest BCUT2D eigenvalue weighted by atomic mass is 79.9. The largest absolute Gasteiger partial charge is 0.350 e. The van der Waals surface area contributed by atoms with E-state index in [1.165, 1.54) is 0 Å². The molecule has 0 aliphatic carbocycles. The summed E-state index contributed by atoms with van der Waals surface area (Å²) < 4.78 is 13.4. The minimum absolute atomic E-state index is 0.0496. The van der Waals surface area contributed by atoms with Crippen molar-refractivity contribution in [2.24, 2.45) is 0 Å². The van der Waals surface area contributed by atoms with Crippen LogP contribution in [0.25, 0.3) is 0 Å². The zero-order valence-electron chi connectivity index (χ0n) is 8.68. The van der Waals surface area contributed by atoms with E-state index in [9.17, 15) is 9.18 Å². The predicted octanol–water partition coefficient (Wildman–Crippen LogP) is 3.06. The quantitative estimate of drug-likeness (QED) is 0.901. The van der Waals surface area contributed by atoms with E-state index in [2.05, 4.69) is 21.2 Å². The van der Waals surface area contributed by atoms with E-state index in [-0.39, 0.29) is 11.9 Å². The lowest BCUT2D eigenvalue weighted by molar-refractivity contribution is 0.0941. The van der Waals surface area contributed by atoms with Gasteiger partial charge in [0.25, 0.3) is 5.91 Å². The van der Waals surface area contributed by atoms with Crippen molar-refractivity contribution in [3.8, 4) is 0 Å². The maximum absolute atomic E-state index is 12.7. The standard InChI is InChI=1S/C11H13BrFNO/c1-7(2)14-11(15)10-4-3-9(12)5-8(10)6-13/h3-5,7H,6H2,1-2H3,(H,14,15). The van der Waals surface area contributed by atoms with Crippen LogP contribution in [-0.2, 0) is 6.67 Å². The third-order valence-corrected chi connectivity index (χ3v) is 2.37. The fraction of sp³-hybridized carbons (Fsp3) is 0.364. The van der Waals surface area contributed by atoms with Gasteiger partial charge in [-0.05, 0) is 37.6 Å². The smallest absolute Gasteiger partial charge is 0.251 e. The molecule has 0 radical (unpaired) electrons. The van der Waals surface area contributed by atoms with E-state index in [1.807, 2.05) is 13.8 Å². The third kappa shape index (κ3) is 3.30. The molecule has 0 aliphatic heterocycles. The molecule has 1 rings (SSSR count). The first-order valence-corrected chi connectivity index (χ1v) is 5.49. The maximum atomic E-state index is 12.7. The van der Waals surface area contributed by atoms with Gasteiger partial charge in [-0.2, -0.15) is 0 Å². The summed E-state index contributed by atoms with van der Waals surface area (Å²) in [7, 11) is 0. The summed E-state index contributed by atoms with van der Waals surface area (Å²) in [6.07, 6.45) is 0. The Morgan fingerprint density at radius 1 is 1.53 bits per heavy atom. The number of carbonyl (C=O) groups is 1. The van der Waals surface area contributed by atoms with Gasteiger partial charge in [-0.3, -0.25) is 4.79 Å². The van der Waals surface area contributed by atoms with Crippen molar-refractivity contribution >= 4 is 21.8 Å². The van der Waals surface area contributed by atoms with Crippen molar-refractivity contribution in [1.82, 2.24) is 5.32 Å². The number of carbonyl (C=O) groups excluding carboxylic acids is 1. The van der Waals surface area contributed by atoms with E-state index in [0.717, 1.165) is 4.47 Å². The summed E-state index contributed by atoms with van der Waals surface area (Å²) in [5.74, 6) is -0.231. The van der Waals surface area contributed by atoms with Crippen molar-refractivity contribution < 1.29 is 9.18 Å². The van der Waals surface area contributed by atoms with E-state index in [0.29, 0.717) is 11.1 Å². The maximum Gasteiger partial charge on any atom is 0.251 e. The van der Waals surface area contributed by atoms with Gasteiger partial charge in [-0.25, -0.2) is 4.39 Å². The second kappa shape index (κ2) is 5.26. The summed E-state index contributed by atoms with van der Waals surface area (Å²) in [5, 5.41) is 2.73. The minimum Gasteiger partial charge on any atom is -0.350 e. The molecule has 0 saturated heterocycles. The molecule has 4 heteroatoms. The Kier molecular flexibility index (Phi) is 4.27. The Morgan fingerprint density at radius 2 is 2.20 bits per heavy atom. The number of amides is 1. The van der Waals surface area contributed by atoms with E-state index >= 15 is 0 Å². The van der Waals surface area contributed by atoms with Crippen LogP contribution in [0.4, 0.5) is 4.39 Å². The summed E-state index contributed by atoms with van der Waals surface area (Å²) in [6.45, 7) is 3.10. The number of rotatable bonds is 3. The van der Waals surface area contributed by atoms with Crippen molar-refractivity contribution in [1.29, 1.82) is 0 Å². The number of alkyl halides is 1. The van der Waals surface area contributed by atoms with Crippen molar-refractivity contribution in [3.63, 3.8) is 0 Å². The topological polar surface area (TPSA) is 29.1 Å². The number of benzene rings is 1. The van der Waals surface area contributed by atoms with E-state index in [1.54, 1.807) is 18.2 Å². The van der Waals surface area contributed by atoms with Crippen molar-refractivity contribution in [3.05, 3.63) is 33.8 Å². The Balaban J connectivity index is 2.97. The van der Waals surface area contributed by atoms with Gasteiger partial charge in [0.15, 0.2) is 0 Å². The number of nitrogens with one attached hydrogen (secondary N) is 1. The molecule has 15 heavy (non-hydrogen) atoms. The Bertz CT molecular complexity index is 366. The molecule has 1 aromatic carbocycles. The summed E-state index contributed by atoms with van der Waals surface area (Å²) in [6, 6.07) is 5.02. The third-order valence-electron chi connectivity index (χ3n) is 1.88. The Hall–Kier alpha value is -0.900. The number of hydrogen-bond donors (Lipinski definition) is 1. The van der Waals surface area contributed by atoms with Crippen LogP contribution < -0.4 is 5.32 Å². The van der Waals surface area contributed by atoms with E-state index in [4.69, 9.17) is 0 Å². The molecule has 2 nitrogen and oxygen atoms in total. The van der Waals surface area contributed by atoms with Gasteiger partial charge in [-0.1, -0.05) is 15.9 Å². The lowest BCUT2D eigenvalue weighted by Gasteiger charge is -2.10. The molecule has 0 fully saturated rings. The molecule has 0 saturated carbocycles. The molecular formula is C11H13BrFNO. The first-order chi connectivity index (χ1) is 7.04. The van der Waals surface area contributed by atoms with Crippen LogP contribution in [0.5, 0.6) is 0 Å². The summed E-state index contributed by atoms with van der Waals surface area (Å²) >= 11 is 3.24. The first kappa shape index (κ1) is 12.2. The SMILES string of the molecule is CC(C)NC(=O)c1ccc(Br)cc1CF. The Morgan fingerprint density at radius 3 is 2.73 bits per heavy atom. The van der Waals surface area contributed by atoms with Crippen LogP contribution >= 0.6 is 15.9 Å². The van der Waals surface area contributed by atoms with Crippen molar-refractivity contribution in [2.75, 3.05) is 0 Å². The zero-order chi connectivity index (χ0) is 11.4. The molecule has 0 atom stereocenters. The second-order valence-corrected chi connectivity index (χ2v) is 4.48. The van der Waals surface area contributed by atoms with Gasteiger partial charge < -0.3 is 5.32 Å². The summed E-state index contributed by atoms with van der Waals surface area (Å²) in [4.78, 5) is 11.7. The van der Waals surface area contributed by atoms with Gasteiger partial charge in [0.1, 0.15) is 6.67 Å². The molecule has 0 unspecified atom stereocenters. The highest BCUT2D eigenvalue weighted by Gasteiger charge is 2.12. The molecule has 1 N–H and O–H groups in total. The van der Waals surface area contributed by atoms with Gasteiger partial charge in [0, 0.05) is 16.1 Å². The van der Waals surface area contributed by atoms with Gasteiger partial charge in [0.2, 0.25) is 0 Å². The highest BCUT2D eigenvalue weighted by Crippen LogP contribution is 2.17. The lowest BCUT2D eigenvalue weighted by Crippen LogP contribution is -2.30. The highest BCUT2D eigenvalue weighted by molar-refractivity contribution is 9.10. The average Bonchev–Trinajstić information content (AvgIpc) is 2.16. The first-order valence-electron chi connectivity index (χ1n) is 4.70. The molecule has 1 aromatic rings. The number of halogens is 2. The molecule has 1 amide bonds. The van der Waals surface area contributed by atoms with Crippen LogP contribution in [0, 0.1) is 0 Å². The zero-order valence-corrected chi connectivity index (χ0v) is 10.3. The van der Waals surface area contributed by atoms with Crippen LogP contribution in [-0.4, -0.2) is 11.9 Å². The van der Waals surface area contributed by atoms with Gasteiger partial charge in [0.05, 0.1) is 0 Å². The van der Waals surface area contributed by atoms with Crippen LogP contribution in [0.1, 0.15) is 29.8 Å². The van der Waals surface area contributed by atoms with Gasteiger partial charge in [-0.15, -0.1) is 0 Å². The average molecular weight is 274 g/mol. The van der Waals surface area contributed by atoms with Crippen LogP contribution in [0.3, 0.4) is 0 Å². The van der Waals surface area contributed by atoms with Crippen LogP contribution in [0.2, 0.25) is 0 Å². The molecule has 0 heterocycles. The summed E-state index contributed by atoms with van der Waals surface area (Å²) in [5.41, 5.74) is 0.803. The normalized spacial score (nSPS) is 10.5. The minimum atomic E-state index is -0.639. The fourth-order valence-electron chi connectivity index (χ4n) is 1.23. The molecule has 0 bridgehead atoms. The molecule has 0 aliphatic rings. The predicted molar refractivity (Wildman–Crippen MR) is 61.6 cm³/mol. The second-order valence-electron chi connectivity index (χ2n) is 3.56. The van der Waals surface area contributed by atoms with Gasteiger partial charge >= 0.3 is 0 Å². The Labute approximate surface area is 97.0 Å². The molecule has 0 aromatic heterocycles. The molecule has 82 valence electrons. The van der Waals surface area contributed by atoms with Crippen LogP contribution in [0.15, 0.2) is 22.7 Å². The number of hydrogen-bond acceptors (Lipinski definition) is 1. The fourth-order valence-corrected chi connectivity index (χ4v) is 1.64. The molecule has 0 spiro atoms. The lowest BCUT2D eigenvalue weighted by atomic mass is 10.1. The monoisotopic (exact) mass is 273 g/mol. The molecular weight excluding hydrogens is 261 g/mol. The van der Waals surface area contributed by atoms with Crippen molar-refractivity contribution in [2.45, 2.75) is 26.6 Å².